The lowest BCUT2D eigenvalue weighted by Gasteiger charge is -2.19. The third-order valence-electron chi connectivity index (χ3n) is 3.92. The summed E-state index contributed by atoms with van der Waals surface area (Å²) in [6.07, 6.45) is 0. The number of hydrogen-bond donors (Lipinski definition) is 1. The van der Waals surface area contributed by atoms with E-state index < -0.39 is 4.92 Å². The first-order valence-corrected chi connectivity index (χ1v) is 9.12. The molecule has 140 valence electrons. The van der Waals surface area contributed by atoms with Crippen LogP contribution in [-0.4, -0.2) is 22.4 Å². The maximum Gasteiger partial charge on any atom is 0.270 e. The fourth-order valence-corrected chi connectivity index (χ4v) is 3.35. The van der Waals surface area contributed by atoms with E-state index in [-0.39, 0.29) is 23.6 Å². The van der Waals surface area contributed by atoms with Gasteiger partial charge in [0.25, 0.3) is 11.6 Å². The Morgan fingerprint density at radius 2 is 1.93 bits per heavy atom. The molecule has 0 unspecified atom stereocenters. The van der Waals surface area contributed by atoms with E-state index in [4.69, 9.17) is 4.74 Å². The van der Waals surface area contributed by atoms with Gasteiger partial charge in [-0.25, -0.2) is 4.98 Å². The van der Waals surface area contributed by atoms with Crippen molar-refractivity contribution in [1.29, 1.82) is 0 Å². The van der Waals surface area contributed by atoms with Crippen LogP contribution in [0.3, 0.4) is 0 Å². The van der Waals surface area contributed by atoms with E-state index in [2.05, 4.69) is 31.1 Å². The van der Waals surface area contributed by atoms with Crippen LogP contribution < -0.4 is 10.1 Å². The number of fused-ring (bicyclic) bond motifs is 1. The molecule has 3 rings (SSSR count). The molecule has 8 heteroatoms. The average Bonchev–Trinajstić information content (AvgIpc) is 3.00. The minimum atomic E-state index is -0.462. The normalized spacial score (nSPS) is 11.4. The van der Waals surface area contributed by atoms with Crippen LogP contribution in [0.25, 0.3) is 10.2 Å². The van der Waals surface area contributed by atoms with Crippen molar-refractivity contribution >= 4 is 38.3 Å². The van der Waals surface area contributed by atoms with Crippen molar-refractivity contribution in [2.45, 2.75) is 26.2 Å². The molecule has 2 aromatic carbocycles. The van der Waals surface area contributed by atoms with Gasteiger partial charge in [-0.1, -0.05) is 44.2 Å². The number of carbonyl (C=O) groups is 1. The summed E-state index contributed by atoms with van der Waals surface area (Å²) in [5.74, 6) is 0.265. The number of hydrogen-bond acceptors (Lipinski definition) is 6. The number of nitrogens with zero attached hydrogens (tertiary/aromatic N) is 2. The monoisotopic (exact) mass is 385 g/mol. The van der Waals surface area contributed by atoms with Gasteiger partial charge in [0.15, 0.2) is 11.7 Å². The van der Waals surface area contributed by atoms with E-state index in [1.807, 2.05) is 24.3 Å². The molecule has 0 fully saturated rings. The lowest BCUT2D eigenvalue weighted by molar-refractivity contribution is -0.384. The highest BCUT2D eigenvalue weighted by Crippen LogP contribution is 2.29. The zero-order chi connectivity index (χ0) is 19.6. The van der Waals surface area contributed by atoms with Crippen LogP contribution >= 0.6 is 11.3 Å². The molecule has 0 saturated heterocycles. The van der Waals surface area contributed by atoms with Crippen LogP contribution in [-0.2, 0) is 10.2 Å². The summed E-state index contributed by atoms with van der Waals surface area (Å²) in [7, 11) is 0. The molecular formula is C19H19N3O4S. The molecule has 0 aliphatic heterocycles. The van der Waals surface area contributed by atoms with Gasteiger partial charge >= 0.3 is 0 Å². The van der Waals surface area contributed by atoms with Crippen molar-refractivity contribution in [1.82, 2.24) is 4.98 Å². The van der Waals surface area contributed by atoms with Crippen LogP contribution in [0.15, 0.2) is 42.5 Å². The van der Waals surface area contributed by atoms with Gasteiger partial charge in [-0.15, -0.1) is 0 Å². The van der Waals surface area contributed by atoms with Crippen molar-refractivity contribution in [3.05, 3.63) is 58.1 Å². The van der Waals surface area contributed by atoms with Crippen molar-refractivity contribution in [3.63, 3.8) is 0 Å². The molecule has 7 nitrogen and oxygen atoms in total. The largest absolute Gasteiger partial charge is 0.484 e. The smallest absolute Gasteiger partial charge is 0.270 e. The zero-order valence-corrected chi connectivity index (χ0v) is 16.0. The van der Waals surface area contributed by atoms with Crippen LogP contribution in [0.5, 0.6) is 5.75 Å². The number of rotatable bonds is 5. The second kappa shape index (κ2) is 7.32. The van der Waals surface area contributed by atoms with E-state index in [9.17, 15) is 14.9 Å². The van der Waals surface area contributed by atoms with E-state index in [1.54, 1.807) is 6.07 Å². The fourth-order valence-electron chi connectivity index (χ4n) is 2.44. The van der Waals surface area contributed by atoms with E-state index in [1.165, 1.54) is 29.0 Å². The quantitative estimate of drug-likeness (QED) is 0.515. The molecule has 3 aromatic rings. The van der Waals surface area contributed by atoms with Gasteiger partial charge in [0.05, 0.1) is 15.1 Å². The highest BCUT2D eigenvalue weighted by molar-refractivity contribution is 7.22. The lowest BCUT2D eigenvalue weighted by Crippen LogP contribution is -2.20. The predicted molar refractivity (Wildman–Crippen MR) is 106 cm³/mol. The Balaban J connectivity index is 1.60. The maximum absolute atomic E-state index is 12.1. The summed E-state index contributed by atoms with van der Waals surface area (Å²) < 4.78 is 6.15. The number of nitro groups is 1. The average molecular weight is 385 g/mol. The zero-order valence-electron chi connectivity index (χ0n) is 15.2. The number of ether oxygens (including phenoxy) is 1. The van der Waals surface area contributed by atoms with Crippen LogP contribution in [0.4, 0.5) is 10.8 Å². The summed E-state index contributed by atoms with van der Waals surface area (Å²) in [6.45, 7) is 6.24. The molecule has 0 bridgehead atoms. The molecule has 1 amide bonds. The number of thiazole rings is 1. The highest BCUT2D eigenvalue weighted by atomic mass is 32.1. The first-order chi connectivity index (χ1) is 12.7. The number of anilines is 1. The molecule has 0 atom stereocenters. The highest BCUT2D eigenvalue weighted by Gasteiger charge is 2.14. The van der Waals surface area contributed by atoms with Gasteiger partial charge in [-0.3, -0.25) is 20.2 Å². The predicted octanol–water partition coefficient (Wildman–Crippen LogP) is 4.52. The maximum atomic E-state index is 12.1. The third kappa shape index (κ3) is 4.59. The third-order valence-corrected chi connectivity index (χ3v) is 4.85. The standard InChI is InChI=1S/C19H19N3O4S/c1-19(2,3)12-4-7-14(8-5-12)26-11-17(23)21-18-20-15-9-6-13(22(24)25)10-16(15)27-18/h4-10H,11H2,1-3H3,(H,20,21,23). The molecule has 0 spiro atoms. The number of nitro benzene ring substituents is 1. The molecule has 1 heterocycles. The van der Waals surface area contributed by atoms with Gasteiger partial charge in [0.2, 0.25) is 0 Å². The van der Waals surface area contributed by atoms with Crippen molar-refractivity contribution < 1.29 is 14.5 Å². The number of benzene rings is 2. The Kier molecular flexibility index (Phi) is 5.09. The molecule has 0 radical (unpaired) electrons. The van der Waals surface area contributed by atoms with Crippen LogP contribution in [0.2, 0.25) is 0 Å². The van der Waals surface area contributed by atoms with Crippen LogP contribution in [0, 0.1) is 10.1 Å². The first-order valence-electron chi connectivity index (χ1n) is 8.30. The Morgan fingerprint density at radius 1 is 1.22 bits per heavy atom. The lowest BCUT2D eigenvalue weighted by atomic mass is 9.87. The molecule has 0 saturated carbocycles. The van der Waals surface area contributed by atoms with Crippen molar-refractivity contribution in [3.8, 4) is 5.75 Å². The van der Waals surface area contributed by atoms with Crippen molar-refractivity contribution in [2.24, 2.45) is 0 Å². The van der Waals surface area contributed by atoms with Gasteiger partial charge < -0.3 is 4.74 Å². The number of amides is 1. The Labute approximate surface area is 160 Å². The van der Waals surface area contributed by atoms with Crippen LogP contribution in [0.1, 0.15) is 26.3 Å². The minimum absolute atomic E-state index is 0.00827. The van der Waals surface area contributed by atoms with E-state index in [0.717, 1.165) is 0 Å². The van der Waals surface area contributed by atoms with E-state index in [0.29, 0.717) is 21.1 Å². The summed E-state index contributed by atoms with van der Waals surface area (Å²) in [5.41, 5.74) is 1.83. The molecule has 0 aliphatic rings. The molecule has 1 N–H and O–H groups in total. The Bertz CT molecular complexity index is 990. The fraction of sp³-hybridized carbons (Fsp3) is 0.263. The van der Waals surface area contributed by atoms with E-state index >= 15 is 0 Å². The number of carbonyl (C=O) groups excluding carboxylic acids is 1. The van der Waals surface area contributed by atoms with Gasteiger partial charge in [0.1, 0.15) is 5.75 Å². The van der Waals surface area contributed by atoms with Crippen molar-refractivity contribution in [2.75, 3.05) is 11.9 Å². The molecule has 1 aromatic heterocycles. The second-order valence-corrected chi connectivity index (χ2v) is 8.07. The number of aromatic nitrogens is 1. The Hall–Kier alpha value is -3.00. The minimum Gasteiger partial charge on any atom is -0.484 e. The first kappa shape index (κ1) is 18.8. The molecule has 27 heavy (non-hydrogen) atoms. The number of non-ortho nitro benzene ring substituents is 1. The SMILES string of the molecule is CC(C)(C)c1ccc(OCC(=O)Nc2nc3ccc([N+](=O)[O-])cc3s2)cc1. The number of nitrogens with one attached hydrogen (secondary N) is 1. The van der Waals surface area contributed by atoms with Gasteiger partial charge in [-0.05, 0) is 29.2 Å². The molecule has 0 aliphatic carbocycles. The molecular weight excluding hydrogens is 366 g/mol. The summed E-state index contributed by atoms with van der Waals surface area (Å²) in [4.78, 5) is 26.7. The topological polar surface area (TPSA) is 94.4 Å². The second-order valence-electron chi connectivity index (χ2n) is 7.04. The summed E-state index contributed by atoms with van der Waals surface area (Å²) in [5, 5.41) is 13.9. The summed E-state index contributed by atoms with van der Waals surface area (Å²) in [6, 6.07) is 12.0. The summed E-state index contributed by atoms with van der Waals surface area (Å²) >= 11 is 1.18. The van der Waals surface area contributed by atoms with Gasteiger partial charge in [0, 0.05) is 12.1 Å². The van der Waals surface area contributed by atoms with Gasteiger partial charge in [-0.2, -0.15) is 0 Å². The Morgan fingerprint density at radius 3 is 2.56 bits per heavy atom.